The summed E-state index contributed by atoms with van der Waals surface area (Å²) < 4.78 is 15.3. The molecule has 0 amide bonds. The van der Waals surface area contributed by atoms with Crippen LogP contribution in [0.15, 0.2) is 91.0 Å². The first-order valence-electron chi connectivity index (χ1n) is 10.5. The van der Waals surface area contributed by atoms with E-state index < -0.39 is 0 Å². The molecule has 0 atom stereocenters. The number of fused-ring (bicyclic) bond motifs is 1. The van der Waals surface area contributed by atoms with E-state index in [2.05, 4.69) is 37.3 Å². The smallest absolute Gasteiger partial charge is 0.164 e. The molecule has 0 saturated carbocycles. The lowest BCUT2D eigenvalue weighted by Gasteiger charge is -2.05. The van der Waals surface area contributed by atoms with Gasteiger partial charge in [0.2, 0.25) is 0 Å². The molecule has 4 heteroatoms. The summed E-state index contributed by atoms with van der Waals surface area (Å²) in [5, 5.41) is 5.93. The maximum atomic E-state index is 13.4. The van der Waals surface area contributed by atoms with Crippen LogP contribution in [0.25, 0.3) is 39.2 Å². The quantitative estimate of drug-likeness (QED) is 0.319. The van der Waals surface area contributed by atoms with E-state index >= 15 is 0 Å². The van der Waals surface area contributed by atoms with Gasteiger partial charge in [0.15, 0.2) is 5.65 Å². The van der Waals surface area contributed by atoms with E-state index in [0.29, 0.717) is 0 Å². The van der Waals surface area contributed by atoms with Gasteiger partial charge < -0.3 is 0 Å². The van der Waals surface area contributed by atoms with Crippen LogP contribution in [0.4, 0.5) is 4.39 Å². The molecule has 0 radical (unpaired) electrons. The van der Waals surface area contributed by atoms with Crippen molar-refractivity contribution in [2.75, 3.05) is 0 Å². The summed E-state index contributed by atoms with van der Waals surface area (Å²) in [6.07, 6.45) is 2.20. The number of rotatable bonds is 5. The minimum Gasteiger partial charge on any atom is -0.228 e. The van der Waals surface area contributed by atoms with E-state index in [1.807, 2.05) is 41.1 Å². The van der Waals surface area contributed by atoms with Gasteiger partial charge in [0.25, 0.3) is 0 Å². The fourth-order valence-corrected chi connectivity index (χ4v) is 3.86. The molecular formula is C27H22FN3. The highest BCUT2D eigenvalue weighted by Gasteiger charge is 2.16. The van der Waals surface area contributed by atoms with Gasteiger partial charge in [-0.15, -0.1) is 0 Å². The average Bonchev–Trinajstić information content (AvgIpc) is 3.20. The third-order valence-corrected chi connectivity index (χ3v) is 5.44. The van der Waals surface area contributed by atoms with Crippen molar-refractivity contribution in [3.05, 3.63) is 102 Å². The monoisotopic (exact) mass is 407 g/mol. The predicted molar refractivity (Wildman–Crippen MR) is 124 cm³/mol. The molecule has 0 spiro atoms. The Kier molecular flexibility index (Phi) is 5.04. The molecule has 0 aliphatic heterocycles. The molecule has 0 fully saturated rings. The maximum absolute atomic E-state index is 13.4. The first-order chi connectivity index (χ1) is 15.2. The summed E-state index contributed by atoms with van der Waals surface area (Å²) in [5.74, 6) is -0.257. The minimum absolute atomic E-state index is 0.257. The van der Waals surface area contributed by atoms with Crippen LogP contribution in [0.1, 0.15) is 18.9 Å². The van der Waals surface area contributed by atoms with Gasteiger partial charge in [-0.05, 0) is 60.5 Å². The standard InChI is InChI=1S/C27H22FN3/c1-2-6-19-9-11-21(12-10-19)26-24-17-18-25(20-13-15-22(28)16-14-20)29-27(24)31(30-26)23-7-4-3-5-8-23/h3-5,7-18H,2,6H2,1H3. The van der Waals surface area contributed by atoms with E-state index in [0.717, 1.165) is 52.1 Å². The summed E-state index contributed by atoms with van der Waals surface area (Å²) >= 11 is 0. The Balaban J connectivity index is 1.69. The van der Waals surface area contributed by atoms with Gasteiger partial charge in [-0.1, -0.05) is 55.8 Å². The Hall–Kier alpha value is -3.79. The molecule has 152 valence electrons. The zero-order chi connectivity index (χ0) is 21.2. The number of aromatic nitrogens is 3. The van der Waals surface area contributed by atoms with Crippen molar-refractivity contribution in [2.45, 2.75) is 19.8 Å². The number of benzene rings is 3. The molecule has 0 N–H and O–H groups in total. The first kappa shape index (κ1) is 19.2. The lowest BCUT2D eigenvalue weighted by Crippen LogP contribution is -1.98. The Morgan fingerprint density at radius 3 is 2.19 bits per heavy atom. The van der Waals surface area contributed by atoms with Crippen LogP contribution >= 0.6 is 0 Å². The van der Waals surface area contributed by atoms with Gasteiger partial charge in [0, 0.05) is 16.5 Å². The second-order valence-corrected chi connectivity index (χ2v) is 7.62. The SMILES string of the molecule is CCCc1ccc(-c2nn(-c3ccccc3)c3nc(-c4ccc(F)cc4)ccc23)cc1. The molecule has 0 aliphatic carbocycles. The highest BCUT2D eigenvalue weighted by molar-refractivity contribution is 5.93. The summed E-state index contributed by atoms with van der Waals surface area (Å²) in [6.45, 7) is 2.19. The number of aryl methyl sites for hydroxylation is 1. The second kappa shape index (κ2) is 8.15. The maximum Gasteiger partial charge on any atom is 0.164 e. The van der Waals surface area contributed by atoms with Crippen molar-refractivity contribution in [3.63, 3.8) is 0 Å². The van der Waals surface area contributed by atoms with Crippen molar-refractivity contribution < 1.29 is 4.39 Å². The van der Waals surface area contributed by atoms with Crippen LogP contribution in [0.5, 0.6) is 0 Å². The molecule has 2 aromatic heterocycles. The molecule has 2 heterocycles. The van der Waals surface area contributed by atoms with Crippen molar-refractivity contribution >= 4 is 11.0 Å². The molecule has 5 rings (SSSR count). The zero-order valence-corrected chi connectivity index (χ0v) is 17.3. The number of hydrogen-bond acceptors (Lipinski definition) is 2. The van der Waals surface area contributed by atoms with Gasteiger partial charge >= 0.3 is 0 Å². The topological polar surface area (TPSA) is 30.7 Å². The van der Waals surface area contributed by atoms with E-state index in [4.69, 9.17) is 10.1 Å². The fraction of sp³-hybridized carbons (Fsp3) is 0.111. The largest absolute Gasteiger partial charge is 0.228 e. The number of pyridine rings is 1. The molecule has 0 saturated heterocycles. The van der Waals surface area contributed by atoms with Crippen LogP contribution in [0.3, 0.4) is 0 Å². The molecule has 0 bridgehead atoms. The van der Waals surface area contributed by atoms with Crippen LogP contribution in [-0.2, 0) is 6.42 Å². The zero-order valence-electron chi connectivity index (χ0n) is 17.3. The first-order valence-corrected chi connectivity index (χ1v) is 10.5. The van der Waals surface area contributed by atoms with E-state index in [1.165, 1.54) is 17.7 Å². The minimum atomic E-state index is -0.257. The van der Waals surface area contributed by atoms with Crippen molar-refractivity contribution in [1.29, 1.82) is 0 Å². The van der Waals surface area contributed by atoms with Crippen molar-refractivity contribution in [2.24, 2.45) is 0 Å². The highest BCUT2D eigenvalue weighted by atomic mass is 19.1. The molecule has 31 heavy (non-hydrogen) atoms. The number of nitrogens with zero attached hydrogens (tertiary/aromatic N) is 3. The lowest BCUT2D eigenvalue weighted by molar-refractivity contribution is 0.628. The Morgan fingerprint density at radius 2 is 1.48 bits per heavy atom. The van der Waals surface area contributed by atoms with Crippen LogP contribution in [0, 0.1) is 5.82 Å². The molecular weight excluding hydrogens is 385 g/mol. The van der Waals surface area contributed by atoms with Gasteiger partial charge in [0.05, 0.1) is 11.4 Å². The number of para-hydroxylation sites is 1. The molecule has 0 unspecified atom stereocenters. The van der Waals surface area contributed by atoms with E-state index in [9.17, 15) is 4.39 Å². The van der Waals surface area contributed by atoms with Crippen LogP contribution < -0.4 is 0 Å². The number of halogens is 1. The Labute approximate surface area is 180 Å². The molecule has 3 aromatic carbocycles. The Morgan fingerprint density at radius 1 is 0.774 bits per heavy atom. The second-order valence-electron chi connectivity index (χ2n) is 7.62. The lowest BCUT2D eigenvalue weighted by atomic mass is 10.0. The summed E-state index contributed by atoms with van der Waals surface area (Å²) in [5.41, 5.74) is 6.68. The summed E-state index contributed by atoms with van der Waals surface area (Å²) in [7, 11) is 0. The van der Waals surface area contributed by atoms with Gasteiger partial charge in [-0.25, -0.2) is 14.1 Å². The van der Waals surface area contributed by atoms with Gasteiger partial charge in [-0.3, -0.25) is 0 Å². The molecule has 0 aliphatic rings. The van der Waals surface area contributed by atoms with E-state index in [1.54, 1.807) is 12.1 Å². The third-order valence-electron chi connectivity index (χ3n) is 5.44. The normalized spacial score (nSPS) is 11.2. The third kappa shape index (κ3) is 3.73. The summed E-state index contributed by atoms with van der Waals surface area (Å²) in [4.78, 5) is 4.92. The predicted octanol–water partition coefficient (Wildman–Crippen LogP) is 6.85. The molecule has 5 aromatic rings. The highest BCUT2D eigenvalue weighted by Crippen LogP contribution is 2.31. The Bertz CT molecular complexity index is 1320. The van der Waals surface area contributed by atoms with Crippen LogP contribution in [-0.4, -0.2) is 14.8 Å². The van der Waals surface area contributed by atoms with Crippen LogP contribution in [0.2, 0.25) is 0 Å². The van der Waals surface area contributed by atoms with Gasteiger partial charge in [0.1, 0.15) is 11.5 Å². The summed E-state index contributed by atoms with van der Waals surface area (Å²) in [6, 6.07) is 29.1. The van der Waals surface area contributed by atoms with E-state index in [-0.39, 0.29) is 5.82 Å². The average molecular weight is 407 g/mol. The fourth-order valence-electron chi connectivity index (χ4n) is 3.86. The van der Waals surface area contributed by atoms with Gasteiger partial charge in [-0.2, -0.15) is 5.10 Å². The van der Waals surface area contributed by atoms with Crippen molar-refractivity contribution in [3.8, 4) is 28.2 Å². The van der Waals surface area contributed by atoms with Crippen molar-refractivity contribution in [1.82, 2.24) is 14.8 Å². The number of hydrogen-bond donors (Lipinski definition) is 0. The molecule has 3 nitrogen and oxygen atoms in total.